The lowest BCUT2D eigenvalue weighted by atomic mass is 10.1. The van der Waals surface area contributed by atoms with Gasteiger partial charge in [0, 0.05) is 15.9 Å². The molecular weight excluding hydrogens is 232 g/mol. The predicted octanol–water partition coefficient (Wildman–Crippen LogP) is 2.09. The molecule has 13 heavy (non-hydrogen) atoms. The summed E-state index contributed by atoms with van der Waals surface area (Å²) in [6.07, 6.45) is 0.869. The maximum absolute atomic E-state index is 5.45. The summed E-state index contributed by atoms with van der Waals surface area (Å²) in [4.78, 5) is 4.65. The van der Waals surface area contributed by atoms with Crippen LogP contribution in [-0.2, 0) is 6.42 Å². The van der Waals surface area contributed by atoms with Crippen LogP contribution in [0.15, 0.2) is 27.4 Å². The molecule has 0 bridgehead atoms. The summed E-state index contributed by atoms with van der Waals surface area (Å²) in [5, 5.41) is 0. The van der Waals surface area contributed by atoms with Gasteiger partial charge in [0.15, 0.2) is 5.58 Å². The van der Waals surface area contributed by atoms with Crippen molar-refractivity contribution in [3.05, 3.63) is 28.6 Å². The van der Waals surface area contributed by atoms with Gasteiger partial charge in [-0.2, -0.15) is 0 Å². The molecule has 2 rings (SSSR count). The van der Waals surface area contributed by atoms with E-state index in [1.807, 2.05) is 18.2 Å². The molecule has 1 heterocycles. The molecule has 0 saturated carbocycles. The van der Waals surface area contributed by atoms with Crippen LogP contribution in [0.2, 0.25) is 0 Å². The van der Waals surface area contributed by atoms with Gasteiger partial charge in [0.25, 0.3) is 4.80 Å². The van der Waals surface area contributed by atoms with Gasteiger partial charge in [0.2, 0.25) is 0 Å². The van der Waals surface area contributed by atoms with Crippen molar-refractivity contribution in [3.8, 4) is 0 Å². The molecule has 0 aliphatic carbocycles. The Kier molecular flexibility index (Phi) is 2.33. The molecule has 0 saturated heterocycles. The summed E-state index contributed by atoms with van der Waals surface area (Å²) in [5.74, 6) is 0. The molecule has 1 aromatic heterocycles. The monoisotopic (exact) mass is 240 g/mol. The van der Waals surface area contributed by atoms with Gasteiger partial charge in [-0.15, -0.1) is 0 Å². The van der Waals surface area contributed by atoms with E-state index in [4.69, 9.17) is 10.2 Å². The third-order valence-electron chi connectivity index (χ3n) is 1.86. The fraction of sp³-hybridized carbons (Fsp3) is 0.222. The smallest absolute Gasteiger partial charge is 0.265 e. The molecule has 0 radical (unpaired) electrons. The van der Waals surface area contributed by atoms with E-state index in [0.717, 1.165) is 17.5 Å². The van der Waals surface area contributed by atoms with Gasteiger partial charge in [-0.25, -0.2) is 4.98 Å². The molecule has 3 nitrogen and oxygen atoms in total. The summed E-state index contributed by atoms with van der Waals surface area (Å²) < 4.78 is 5.32. The minimum atomic E-state index is 0.521. The molecule has 2 aromatic rings. The van der Waals surface area contributed by atoms with E-state index in [9.17, 15) is 0 Å². The Bertz CT molecular complexity index is 424. The molecule has 0 amide bonds. The average Bonchev–Trinajstić information content (AvgIpc) is 2.44. The Balaban J connectivity index is 2.48. The van der Waals surface area contributed by atoms with Crippen molar-refractivity contribution in [1.29, 1.82) is 0 Å². The highest BCUT2D eigenvalue weighted by atomic mass is 79.9. The Morgan fingerprint density at radius 2 is 2.31 bits per heavy atom. The highest BCUT2D eigenvalue weighted by molar-refractivity contribution is 9.10. The second-order valence-corrected chi connectivity index (χ2v) is 3.49. The fourth-order valence-electron chi connectivity index (χ4n) is 1.26. The van der Waals surface area contributed by atoms with Crippen LogP contribution in [0, 0.1) is 0 Å². The zero-order valence-electron chi connectivity index (χ0n) is 6.96. The molecule has 2 N–H and O–H groups in total. The maximum Gasteiger partial charge on any atom is 0.265 e. The summed E-state index contributed by atoms with van der Waals surface area (Å²) in [5.41, 5.74) is 8.31. The minimum Gasteiger partial charge on any atom is -0.431 e. The standard InChI is InChI=1S/C9H9BrN2O/c10-9-12-7-2-1-6(3-4-11)5-8(7)13-9/h1-2,5H,3-4,11H2. The van der Waals surface area contributed by atoms with Crippen molar-refractivity contribution in [1.82, 2.24) is 4.98 Å². The van der Waals surface area contributed by atoms with Crippen molar-refractivity contribution in [2.24, 2.45) is 5.73 Å². The molecule has 68 valence electrons. The van der Waals surface area contributed by atoms with Gasteiger partial charge in [0.05, 0.1) is 0 Å². The molecule has 0 aliphatic rings. The third kappa shape index (κ3) is 1.73. The Hall–Kier alpha value is -0.870. The minimum absolute atomic E-state index is 0.521. The number of nitrogens with two attached hydrogens (primary N) is 1. The molecular formula is C9H9BrN2O. The highest BCUT2D eigenvalue weighted by Gasteiger charge is 2.02. The van der Waals surface area contributed by atoms with Crippen LogP contribution < -0.4 is 5.73 Å². The lowest BCUT2D eigenvalue weighted by Gasteiger charge is -1.95. The predicted molar refractivity (Wildman–Crippen MR) is 54.5 cm³/mol. The van der Waals surface area contributed by atoms with Crippen molar-refractivity contribution in [3.63, 3.8) is 0 Å². The number of oxazole rings is 1. The van der Waals surface area contributed by atoms with Crippen molar-refractivity contribution in [2.45, 2.75) is 6.42 Å². The zero-order valence-corrected chi connectivity index (χ0v) is 8.54. The summed E-state index contributed by atoms with van der Waals surface area (Å²) in [7, 11) is 0. The first-order valence-corrected chi connectivity index (χ1v) is 4.84. The number of fused-ring (bicyclic) bond motifs is 1. The largest absolute Gasteiger partial charge is 0.431 e. The molecule has 0 unspecified atom stereocenters. The second kappa shape index (κ2) is 3.47. The number of rotatable bonds is 2. The summed E-state index contributed by atoms with van der Waals surface area (Å²) in [6, 6.07) is 5.93. The van der Waals surface area contributed by atoms with Crippen LogP contribution >= 0.6 is 15.9 Å². The number of hydrogen-bond acceptors (Lipinski definition) is 3. The molecule has 0 spiro atoms. The zero-order chi connectivity index (χ0) is 9.26. The summed E-state index contributed by atoms with van der Waals surface area (Å²) in [6.45, 7) is 0.654. The lowest BCUT2D eigenvalue weighted by molar-refractivity contribution is 0.570. The van der Waals surface area contributed by atoms with Crippen LogP contribution in [0.25, 0.3) is 11.1 Å². The first-order chi connectivity index (χ1) is 6.29. The highest BCUT2D eigenvalue weighted by Crippen LogP contribution is 2.20. The SMILES string of the molecule is NCCc1ccc2nc(Br)oc2c1. The van der Waals surface area contributed by atoms with Crippen LogP contribution in [0.4, 0.5) is 0 Å². The Morgan fingerprint density at radius 3 is 3.08 bits per heavy atom. The van der Waals surface area contributed by atoms with E-state index < -0.39 is 0 Å². The van der Waals surface area contributed by atoms with Crippen molar-refractivity contribution in [2.75, 3.05) is 6.54 Å². The number of hydrogen-bond donors (Lipinski definition) is 1. The van der Waals surface area contributed by atoms with Gasteiger partial charge in [-0.3, -0.25) is 0 Å². The fourth-order valence-corrected chi connectivity index (χ4v) is 1.63. The van der Waals surface area contributed by atoms with Gasteiger partial charge in [0.1, 0.15) is 5.52 Å². The Labute approximate surface area is 84.1 Å². The number of benzene rings is 1. The van der Waals surface area contributed by atoms with Crippen molar-refractivity contribution < 1.29 is 4.42 Å². The van der Waals surface area contributed by atoms with E-state index in [1.54, 1.807) is 0 Å². The van der Waals surface area contributed by atoms with E-state index in [0.29, 0.717) is 11.3 Å². The van der Waals surface area contributed by atoms with Crippen molar-refractivity contribution >= 4 is 27.0 Å². The first kappa shape index (κ1) is 8.72. The molecule has 0 aliphatic heterocycles. The average molecular weight is 241 g/mol. The van der Waals surface area contributed by atoms with Gasteiger partial charge in [-0.05, 0) is 30.7 Å². The summed E-state index contributed by atoms with van der Waals surface area (Å²) >= 11 is 3.19. The first-order valence-electron chi connectivity index (χ1n) is 4.04. The van der Waals surface area contributed by atoms with E-state index >= 15 is 0 Å². The van der Waals surface area contributed by atoms with Crippen LogP contribution in [0.1, 0.15) is 5.56 Å². The molecule has 1 aromatic carbocycles. The quantitative estimate of drug-likeness (QED) is 0.875. The topological polar surface area (TPSA) is 52.0 Å². The van der Waals surface area contributed by atoms with Crippen LogP contribution in [0.3, 0.4) is 0 Å². The third-order valence-corrected chi connectivity index (χ3v) is 2.20. The van der Waals surface area contributed by atoms with E-state index in [-0.39, 0.29) is 0 Å². The normalized spacial score (nSPS) is 10.9. The molecule has 0 fully saturated rings. The van der Waals surface area contributed by atoms with Gasteiger partial charge in [-0.1, -0.05) is 6.07 Å². The van der Waals surface area contributed by atoms with Gasteiger partial charge < -0.3 is 10.2 Å². The van der Waals surface area contributed by atoms with E-state index in [2.05, 4.69) is 20.9 Å². The number of halogens is 1. The Morgan fingerprint density at radius 1 is 1.46 bits per heavy atom. The second-order valence-electron chi connectivity index (χ2n) is 2.81. The van der Waals surface area contributed by atoms with E-state index in [1.165, 1.54) is 5.56 Å². The van der Waals surface area contributed by atoms with Crippen LogP contribution in [0.5, 0.6) is 0 Å². The number of nitrogens with zero attached hydrogens (tertiary/aromatic N) is 1. The van der Waals surface area contributed by atoms with Gasteiger partial charge >= 0.3 is 0 Å². The molecule has 4 heteroatoms. The number of aromatic nitrogens is 1. The van der Waals surface area contributed by atoms with Crippen LogP contribution in [-0.4, -0.2) is 11.5 Å². The lowest BCUT2D eigenvalue weighted by Crippen LogP contribution is -2.02. The maximum atomic E-state index is 5.45. The molecule has 0 atom stereocenters.